The van der Waals surface area contributed by atoms with Crippen molar-refractivity contribution >= 4 is 0 Å². The SMILES string of the molecule is CCNC1CCN(C2(C)CCOC2C)C(C)C1C. The van der Waals surface area contributed by atoms with E-state index in [1.165, 1.54) is 19.4 Å². The van der Waals surface area contributed by atoms with Crippen molar-refractivity contribution in [3.63, 3.8) is 0 Å². The second kappa shape index (κ2) is 5.48. The fourth-order valence-electron chi connectivity index (χ4n) is 3.84. The molecule has 18 heavy (non-hydrogen) atoms. The fraction of sp³-hybridized carbons (Fsp3) is 1.00. The maximum Gasteiger partial charge on any atom is 0.0728 e. The summed E-state index contributed by atoms with van der Waals surface area (Å²) in [6, 6.07) is 1.32. The Morgan fingerprint density at radius 3 is 2.61 bits per heavy atom. The zero-order valence-corrected chi connectivity index (χ0v) is 12.7. The van der Waals surface area contributed by atoms with Crippen molar-refractivity contribution < 1.29 is 4.74 Å². The zero-order chi connectivity index (χ0) is 13.3. The Labute approximate surface area is 112 Å². The van der Waals surface area contributed by atoms with E-state index in [1.54, 1.807) is 0 Å². The first kappa shape index (κ1) is 14.3. The molecule has 0 aliphatic carbocycles. The van der Waals surface area contributed by atoms with Gasteiger partial charge in [-0.3, -0.25) is 4.90 Å². The molecule has 0 saturated carbocycles. The van der Waals surface area contributed by atoms with Gasteiger partial charge in [0.1, 0.15) is 0 Å². The molecule has 5 atom stereocenters. The summed E-state index contributed by atoms with van der Waals surface area (Å²) in [6.45, 7) is 14.8. The van der Waals surface area contributed by atoms with Crippen molar-refractivity contribution in [3.8, 4) is 0 Å². The monoisotopic (exact) mass is 254 g/mol. The van der Waals surface area contributed by atoms with Crippen LogP contribution < -0.4 is 5.32 Å². The van der Waals surface area contributed by atoms with Crippen LogP contribution in [-0.4, -0.2) is 48.3 Å². The van der Waals surface area contributed by atoms with E-state index in [-0.39, 0.29) is 5.54 Å². The summed E-state index contributed by atoms with van der Waals surface area (Å²) in [7, 11) is 0. The van der Waals surface area contributed by atoms with Crippen LogP contribution in [0.4, 0.5) is 0 Å². The van der Waals surface area contributed by atoms with Gasteiger partial charge in [-0.25, -0.2) is 0 Å². The normalized spacial score (nSPS) is 46.5. The molecule has 2 aliphatic heterocycles. The van der Waals surface area contributed by atoms with Crippen molar-refractivity contribution in [2.75, 3.05) is 19.7 Å². The van der Waals surface area contributed by atoms with Crippen molar-refractivity contribution in [3.05, 3.63) is 0 Å². The molecule has 106 valence electrons. The highest BCUT2D eigenvalue weighted by molar-refractivity contribution is 5.02. The summed E-state index contributed by atoms with van der Waals surface area (Å²) in [5, 5.41) is 3.64. The molecule has 2 rings (SSSR count). The smallest absolute Gasteiger partial charge is 0.0728 e. The first-order chi connectivity index (χ1) is 8.50. The minimum Gasteiger partial charge on any atom is -0.377 e. The standard InChI is InChI=1S/C15H30N2O/c1-6-16-14-7-9-17(12(3)11(14)2)15(5)8-10-18-13(15)4/h11-14,16H,6-10H2,1-5H3. The highest BCUT2D eigenvalue weighted by Gasteiger charge is 2.47. The predicted octanol–water partition coefficient (Wildman–Crippen LogP) is 2.26. The van der Waals surface area contributed by atoms with Crippen LogP contribution in [0.2, 0.25) is 0 Å². The molecule has 0 spiro atoms. The topological polar surface area (TPSA) is 24.5 Å². The van der Waals surface area contributed by atoms with Gasteiger partial charge in [0, 0.05) is 30.8 Å². The van der Waals surface area contributed by atoms with Gasteiger partial charge >= 0.3 is 0 Å². The number of rotatable bonds is 3. The lowest BCUT2D eigenvalue weighted by atomic mass is 9.81. The first-order valence-corrected chi connectivity index (χ1v) is 7.62. The lowest BCUT2D eigenvalue weighted by Gasteiger charge is -2.51. The van der Waals surface area contributed by atoms with Crippen LogP contribution in [0, 0.1) is 5.92 Å². The van der Waals surface area contributed by atoms with Crippen LogP contribution in [0.1, 0.15) is 47.5 Å². The Balaban J connectivity index is 2.08. The summed E-state index contributed by atoms with van der Waals surface area (Å²) >= 11 is 0. The zero-order valence-electron chi connectivity index (χ0n) is 12.7. The van der Waals surface area contributed by atoms with Gasteiger partial charge in [0.25, 0.3) is 0 Å². The molecule has 0 aromatic rings. The summed E-state index contributed by atoms with van der Waals surface area (Å²) in [5.41, 5.74) is 0.241. The van der Waals surface area contributed by atoms with Crippen LogP contribution in [0.25, 0.3) is 0 Å². The fourth-order valence-corrected chi connectivity index (χ4v) is 3.84. The predicted molar refractivity (Wildman–Crippen MR) is 75.8 cm³/mol. The highest BCUT2D eigenvalue weighted by Crippen LogP contribution is 2.37. The third-order valence-corrected chi connectivity index (χ3v) is 5.54. The quantitative estimate of drug-likeness (QED) is 0.836. The Morgan fingerprint density at radius 1 is 1.33 bits per heavy atom. The summed E-state index contributed by atoms with van der Waals surface area (Å²) in [6.07, 6.45) is 2.81. The largest absolute Gasteiger partial charge is 0.377 e. The molecule has 3 heteroatoms. The van der Waals surface area contributed by atoms with Gasteiger partial charge in [-0.05, 0) is 46.1 Å². The van der Waals surface area contributed by atoms with Crippen LogP contribution in [-0.2, 0) is 4.74 Å². The van der Waals surface area contributed by atoms with E-state index in [1.807, 2.05) is 0 Å². The van der Waals surface area contributed by atoms with E-state index in [9.17, 15) is 0 Å². The van der Waals surface area contributed by atoms with Crippen LogP contribution in [0.3, 0.4) is 0 Å². The van der Waals surface area contributed by atoms with Crippen molar-refractivity contribution in [2.45, 2.75) is 71.2 Å². The van der Waals surface area contributed by atoms with Gasteiger partial charge in [0.05, 0.1) is 6.10 Å². The Bertz CT molecular complexity index is 284. The number of nitrogens with one attached hydrogen (secondary N) is 1. The molecule has 0 aromatic carbocycles. The number of nitrogens with zero attached hydrogens (tertiary/aromatic N) is 1. The average molecular weight is 254 g/mol. The molecule has 3 nitrogen and oxygen atoms in total. The summed E-state index contributed by atoms with van der Waals surface area (Å²) in [5.74, 6) is 0.711. The molecule has 0 aromatic heterocycles. The molecule has 2 heterocycles. The third kappa shape index (κ3) is 2.33. The molecule has 2 fully saturated rings. The number of ether oxygens (including phenoxy) is 1. The van der Waals surface area contributed by atoms with E-state index in [2.05, 4.69) is 44.8 Å². The molecule has 0 bridgehead atoms. The molecule has 0 radical (unpaired) electrons. The van der Waals surface area contributed by atoms with Gasteiger partial charge in [-0.15, -0.1) is 0 Å². The van der Waals surface area contributed by atoms with E-state index < -0.39 is 0 Å². The van der Waals surface area contributed by atoms with Gasteiger partial charge in [0.2, 0.25) is 0 Å². The molecule has 2 saturated heterocycles. The lowest BCUT2D eigenvalue weighted by molar-refractivity contribution is -0.0394. The van der Waals surface area contributed by atoms with Crippen molar-refractivity contribution in [2.24, 2.45) is 5.92 Å². The lowest BCUT2D eigenvalue weighted by Crippen LogP contribution is -2.62. The number of likely N-dealkylation sites (tertiary alicyclic amines) is 1. The summed E-state index contributed by atoms with van der Waals surface area (Å²) < 4.78 is 5.82. The molecular weight excluding hydrogens is 224 g/mol. The van der Waals surface area contributed by atoms with Crippen LogP contribution >= 0.6 is 0 Å². The van der Waals surface area contributed by atoms with Crippen LogP contribution in [0.15, 0.2) is 0 Å². The Hall–Kier alpha value is -0.120. The molecular formula is C15H30N2O. The van der Waals surface area contributed by atoms with E-state index in [0.29, 0.717) is 24.1 Å². The van der Waals surface area contributed by atoms with Gasteiger partial charge in [0.15, 0.2) is 0 Å². The van der Waals surface area contributed by atoms with Gasteiger partial charge < -0.3 is 10.1 Å². The first-order valence-electron chi connectivity index (χ1n) is 7.62. The second-order valence-corrected chi connectivity index (χ2v) is 6.37. The molecule has 0 amide bonds. The maximum atomic E-state index is 5.82. The van der Waals surface area contributed by atoms with E-state index >= 15 is 0 Å². The Kier molecular flexibility index (Phi) is 4.35. The minimum absolute atomic E-state index is 0.241. The minimum atomic E-state index is 0.241. The summed E-state index contributed by atoms with van der Waals surface area (Å²) in [4.78, 5) is 2.71. The number of hydrogen-bond donors (Lipinski definition) is 1. The van der Waals surface area contributed by atoms with Crippen LogP contribution in [0.5, 0.6) is 0 Å². The van der Waals surface area contributed by atoms with Gasteiger partial charge in [-0.2, -0.15) is 0 Å². The molecule has 5 unspecified atom stereocenters. The second-order valence-electron chi connectivity index (χ2n) is 6.37. The number of piperidine rings is 1. The highest BCUT2D eigenvalue weighted by atomic mass is 16.5. The third-order valence-electron chi connectivity index (χ3n) is 5.54. The molecule has 2 aliphatic rings. The number of hydrogen-bond acceptors (Lipinski definition) is 3. The maximum absolute atomic E-state index is 5.82. The Morgan fingerprint density at radius 2 is 2.06 bits per heavy atom. The average Bonchev–Trinajstić information content (AvgIpc) is 2.67. The van der Waals surface area contributed by atoms with Crippen molar-refractivity contribution in [1.82, 2.24) is 10.2 Å². The van der Waals surface area contributed by atoms with Crippen molar-refractivity contribution in [1.29, 1.82) is 0 Å². The van der Waals surface area contributed by atoms with E-state index in [4.69, 9.17) is 4.74 Å². The van der Waals surface area contributed by atoms with Gasteiger partial charge in [-0.1, -0.05) is 13.8 Å². The van der Waals surface area contributed by atoms with E-state index in [0.717, 1.165) is 13.2 Å². The molecule has 1 N–H and O–H groups in total.